The van der Waals surface area contributed by atoms with Crippen LogP contribution in [0.1, 0.15) is 18.4 Å². The Morgan fingerprint density at radius 1 is 1.17 bits per heavy atom. The molecule has 0 unspecified atom stereocenters. The van der Waals surface area contributed by atoms with Crippen LogP contribution in [0.25, 0.3) is 11.1 Å². The molecule has 23 heavy (non-hydrogen) atoms. The van der Waals surface area contributed by atoms with Crippen LogP contribution in [0.15, 0.2) is 48.8 Å². The van der Waals surface area contributed by atoms with Crippen LogP contribution in [0.2, 0.25) is 0 Å². The minimum Gasteiger partial charge on any atom is -0.335 e. The Morgan fingerprint density at radius 2 is 2.00 bits per heavy atom. The Kier molecular flexibility index (Phi) is 3.83. The molecule has 1 saturated heterocycles. The number of pyridine rings is 1. The highest BCUT2D eigenvalue weighted by Gasteiger charge is 2.37. The number of hydrogen-bond acceptors (Lipinski definition) is 3. The second-order valence-electron chi connectivity index (χ2n) is 6.49. The van der Waals surface area contributed by atoms with Crippen LogP contribution >= 0.6 is 0 Å². The SMILES string of the molecule is O=C(C1CNC1)N(Cc1cccc(-c2cccnc2)c1)C1CC1. The monoisotopic (exact) mass is 307 g/mol. The lowest BCUT2D eigenvalue weighted by molar-refractivity contribution is -0.138. The van der Waals surface area contributed by atoms with Gasteiger partial charge in [-0.3, -0.25) is 9.78 Å². The summed E-state index contributed by atoms with van der Waals surface area (Å²) in [5.41, 5.74) is 3.46. The van der Waals surface area contributed by atoms with E-state index in [9.17, 15) is 4.79 Å². The number of aromatic nitrogens is 1. The molecular formula is C19H21N3O. The van der Waals surface area contributed by atoms with E-state index in [-0.39, 0.29) is 5.92 Å². The normalized spacial score (nSPS) is 17.6. The molecule has 1 aromatic carbocycles. The topological polar surface area (TPSA) is 45.2 Å². The molecule has 4 heteroatoms. The standard InChI is InChI=1S/C19H21N3O/c23-19(17-11-21-12-17)22(18-6-7-18)13-14-3-1-4-15(9-14)16-5-2-8-20-10-16/h1-5,8-10,17-18,21H,6-7,11-13H2. The fourth-order valence-electron chi connectivity index (χ4n) is 3.05. The summed E-state index contributed by atoms with van der Waals surface area (Å²) in [4.78, 5) is 18.9. The van der Waals surface area contributed by atoms with Crippen molar-refractivity contribution in [2.45, 2.75) is 25.4 Å². The lowest BCUT2D eigenvalue weighted by Crippen LogP contribution is -2.52. The molecule has 118 valence electrons. The van der Waals surface area contributed by atoms with Crippen molar-refractivity contribution >= 4 is 5.91 Å². The van der Waals surface area contributed by atoms with Gasteiger partial charge in [-0.15, -0.1) is 0 Å². The molecule has 4 rings (SSSR count). The summed E-state index contributed by atoms with van der Waals surface area (Å²) in [7, 11) is 0. The number of nitrogens with one attached hydrogen (secondary N) is 1. The van der Waals surface area contributed by atoms with Gasteiger partial charge in [0.1, 0.15) is 0 Å². The Morgan fingerprint density at radius 3 is 2.65 bits per heavy atom. The molecule has 1 aliphatic carbocycles. The molecule has 1 aromatic heterocycles. The van der Waals surface area contributed by atoms with Crippen molar-refractivity contribution < 1.29 is 4.79 Å². The van der Waals surface area contributed by atoms with Crippen LogP contribution in [-0.4, -0.2) is 34.9 Å². The summed E-state index contributed by atoms with van der Waals surface area (Å²) in [6.45, 7) is 2.38. The van der Waals surface area contributed by atoms with Gasteiger partial charge in [-0.05, 0) is 41.7 Å². The Labute approximate surface area is 136 Å². The van der Waals surface area contributed by atoms with Gasteiger partial charge in [0.15, 0.2) is 0 Å². The molecule has 0 bridgehead atoms. The molecule has 0 radical (unpaired) electrons. The molecule has 2 aliphatic rings. The summed E-state index contributed by atoms with van der Waals surface area (Å²) < 4.78 is 0. The zero-order valence-electron chi connectivity index (χ0n) is 13.1. The van der Waals surface area contributed by atoms with Crippen molar-refractivity contribution in [2.75, 3.05) is 13.1 Å². The molecule has 2 aromatic rings. The van der Waals surface area contributed by atoms with E-state index in [0.29, 0.717) is 18.5 Å². The van der Waals surface area contributed by atoms with Crippen LogP contribution < -0.4 is 5.32 Å². The predicted molar refractivity (Wildman–Crippen MR) is 89.6 cm³/mol. The van der Waals surface area contributed by atoms with Crippen molar-refractivity contribution in [2.24, 2.45) is 5.92 Å². The third-order valence-electron chi connectivity index (χ3n) is 4.68. The minimum absolute atomic E-state index is 0.178. The molecule has 2 fully saturated rings. The van der Waals surface area contributed by atoms with Gasteiger partial charge >= 0.3 is 0 Å². The number of hydrogen-bond donors (Lipinski definition) is 1. The molecule has 1 saturated carbocycles. The van der Waals surface area contributed by atoms with Gasteiger partial charge in [-0.1, -0.05) is 24.3 Å². The highest BCUT2D eigenvalue weighted by Crippen LogP contribution is 2.31. The summed E-state index contributed by atoms with van der Waals surface area (Å²) >= 11 is 0. The summed E-state index contributed by atoms with van der Waals surface area (Å²) in [6, 6.07) is 12.9. The van der Waals surface area contributed by atoms with E-state index in [2.05, 4.69) is 45.5 Å². The van der Waals surface area contributed by atoms with Crippen molar-refractivity contribution in [1.29, 1.82) is 0 Å². The van der Waals surface area contributed by atoms with Crippen molar-refractivity contribution in [1.82, 2.24) is 15.2 Å². The maximum atomic E-state index is 12.6. The number of amides is 1. The van der Waals surface area contributed by atoms with Crippen LogP contribution in [0.5, 0.6) is 0 Å². The third kappa shape index (κ3) is 3.13. The largest absolute Gasteiger partial charge is 0.335 e. The zero-order valence-corrected chi connectivity index (χ0v) is 13.1. The van der Waals surface area contributed by atoms with E-state index in [0.717, 1.165) is 37.1 Å². The number of benzene rings is 1. The van der Waals surface area contributed by atoms with Crippen LogP contribution in [-0.2, 0) is 11.3 Å². The van der Waals surface area contributed by atoms with Gasteiger partial charge in [0.25, 0.3) is 0 Å². The van der Waals surface area contributed by atoms with Crippen LogP contribution in [0.3, 0.4) is 0 Å². The second-order valence-corrected chi connectivity index (χ2v) is 6.49. The van der Waals surface area contributed by atoms with Crippen molar-refractivity contribution in [3.05, 3.63) is 54.4 Å². The van der Waals surface area contributed by atoms with Gasteiger partial charge < -0.3 is 10.2 Å². The third-order valence-corrected chi connectivity index (χ3v) is 4.68. The van der Waals surface area contributed by atoms with Gasteiger partial charge in [0.05, 0.1) is 5.92 Å². The van der Waals surface area contributed by atoms with Crippen LogP contribution in [0, 0.1) is 5.92 Å². The maximum absolute atomic E-state index is 12.6. The Bertz CT molecular complexity index is 693. The van der Waals surface area contributed by atoms with E-state index in [4.69, 9.17) is 0 Å². The molecule has 1 aliphatic heterocycles. The minimum atomic E-state index is 0.178. The quantitative estimate of drug-likeness (QED) is 0.923. The van der Waals surface area contributed by atoms with E-state index >= 15 is 0 Å². The van der Waals surface area contributed by atoms with Crippen LogP contribution in [0.4, 0.5) is 0 Å². The van der Waals surface area contributed by atoms with Gasteiger partial charge in [0, 0.05) is 38.1 Å². The van der Waals surface area contributed by atoms with E-state index in [1.54, 1.807) is 6.20 Å². The fourth-order valence-corrected chi connectivity index (χ4v) is 3.05. The highest BCUT2D eigenvalue weighted by atomic mass is 16.2. The fraction of sp³-hybridized carbons (Fsp3) is 0.368. The summed E-state index contributed by atoms with van der Waals surface area (Å²) in [5.74, 6) is 0.495. The van der Waals surface area contributed by atoms with E-state index in [1.807, 2.05) is 12.3 Å². The van der Waals surface area contributed by atoms with Gasteiger partial charge in [-0.25, -0.2) is 0 Å². The highest BCUT2D eigenvalue weighted by molar-refractivity contribution is 5.81. The molecule has 1 N–H and O–H groups in total. The first-order valence-corrected chi connectivity index (χ1v) is 8.32. The first-order chi connectivity index (χ1) is 11.3. The average molecular weight is 307 g/mol. The first-order valence-electron chi connectivity index (χ1n) is 8.32. The number of rotatable bonds is 5. The molecule has 1 amide bonds. The van der Waals surface area contributed by atoms with Gasteiger partial charge in [-0.2, -0.15) is 0 Å². The second kappa shape index (κ2) is 6.13. The predicted octanol–water partition coefficient (Wildman–Crippen LogP) is 2.46. The number of nitrogens with zero attached hydrogens (tertiary/aromatic N) is 2. The molecule has 0 atom stereocenters. The Balaban J connectivity index is 1.54. The van der Waals surface area contributed by atoms with Crippen molar-refractivity contribution in [3.8, 4) is 11.1 Å². The number of carbonyl (C=O) groups is 1. The number of carbonyl (C=O) groups excluding carboxylic acids is 1. The summed E-state index contributed by atoms with van der Waals surface area (Å²) in [6.07, 6.45) is 5.96. The molecule has 0 spiro atoms. The van der Waals surface area contributed by atoms with E-state index < -0.39 is 0 Å². The lowest BCUT2D eigenvalue weighted by atomic mass is 10.0. The van der Waals surface area contributed by atoms with Gasteiger partial charge in [0.2, 0.25) is 5.91 Å². The van der Waals surface area contributed by atoms with Crippen molar-refractivity contribution in [3.63, 3.8) is 0 Å². The smallest absolute Gasteiger partial charge is 0.228 e. The molecule has 4 nitrogen and oxygen atoms in total. The Hall–Kier alpha value is -2.20. The summed E-state index contributed by atoms with van der Waals surface area (Å²) in [5, 5.41) is 3.20. The zero-order chi connectivity index (χ0) is 15.6. The average Bonchev–Trinajstić information content (AvgIpc) is 3.37. The van der Waals surface area contributed by atoms with E-state index in [1.165, 1.54) is 5.56 Å². The molecule has 2 heterocycles. The first kappa shape index (κ1) is 14.4. The molecular weight excluding hydrogens is 286 g/mol. The maximum Gasteiger partial charge on any atom is 0.228 e. The lowest BCUT2D eigenvalue weighted by Gasteiger charge is -2.32.